The molecular weight excluding hydrogens is 397 g/mol. The maximum atomic E-state index is 13.6. The van der Waals surface area contributed by atoms with Crippen molar-refractivity contribution in [1.82, 2.24) is 19.9 Å². The molecule has 2 aliphatic rings. The second-order valence-electron chi connectivity index (χ2n) is 8.28. The summed E-state index contributed by atoms with van der Waals surface area (Å²) in [6.45, 7) is 3.99. The Morgan fingerprint density at radius 2 is 1.73 bits per heavy atom. The topological polar surface area (TPSA) is 45.2 Å². The highest BCUT2D eigenvalue weighted by molar-refractivity contribution is 7.19. The van der Waals surface area contributed by atoms with E-state index < -0.39 is 0 Å². The minimum Gasteiger partial charge on any atom is -0.345 e. The van der Waals surface area contributed by atoms with Crippen LogP contribution in [0.3, 0.4) is 0 Å². The van der Waals surface area contributed by atoms with E-state index in [1.165, 1.54) is 43.4 Å². The van der Waals surface area contributed by atoms with Gasteiger partial charge in [0.15, 0.2) is 5.13 Å². The van der Waals surface area contributed by atoms with Crippen LogP contribution in [0.25, 0.3) is 21.8 Å². The molecule has 7 heteroatoms. The monoisotopic (exact) mass is 423 g/mol. The first-order chi connectivity index (χ1) is 14.7. The zero-order valence-corrected chi connectivity index (χ0v) is 18.0. The molecule has 1 aliphatic carbocycles. The molecule has 1 aliphatic heterocycles. The Hall–Kier alpha value is -2.38. The zero-order chi connectivity index (χ0) is 20.5. The number of halogens is 1. The van der Waals surface area contributed by atoms with Gasteiger partial charge in [-0.2, -0.15) is 0 Å². The fourth-order valence-corrected chi connectivity index (χ4v) is 5.63. The molecule has 0 bridgehead atoms. The van der Waals surface area contributed by atoms with Crippen molar-refractivity contribution in [3.05, 3.63) is 48.2 Å². The highest BCUT2D eigenvalue weighted by Gasteiger charge is 2.27. The van der Waals surface area contributed by atoms with Gasteiger partial charge in [0.2, 0.25) is 0 Å². The average Bonchev–Trinajstić information content (AvgIpc) is 3.45. The van der Waals surface area contributed by atoms with Crippen LogP contribution in [0, 0.1) is 5.82 Å². The summed E-state index contributed by atoms with van der Waals surface area (Å²) in [5.41, 5.74) is 4.05. The molecule has 1 aromatic carbocycles. The molecule has 3 heterocycles. The van der Waals surface area contributed by atoms with Crippen molar-refractivity contribution in [2.75, 3.05) is 38.1 Å². The van der Waals surface area contributed by atoms with E-state index in [1.807, 2.05) is 18.3 Å². The van der Waals surface area contributed by atoms with Gasteiger partial charge in [-0.25, -0.2) is 19.3 Å². The van der Waals surface area contributed by atoms with Gasteiger partial charge in [-0.05, 0) is 50.1 Å². The van der Waals surface area contributed by atoms with Gasteiger partial charge in [-0.1, -0.05) is 24.2 Å². The summed E-state index contributed by atoms with van der Waals surface area (Å²) < 4.78 is 13.6. The first-order valence-electron chi connectivity index (χ1n) is 10.7. The summed E-state index contributed by atoms with van der Waals surface area (Å²) in [6.07, 6.45) is 8.53. The molecule has 5 rings (SSSR count). The van der Waals surface area contributed by atoms with Crippen molar-refractivity contribution in [3.63, 3.8) is 0 Å². The number of anilines is 1. The maximum Gasteiger partial charge on any atom is 0.186 e. The van der Waals surface area contributed by atoms with Crippen molar-refractivity contribution < 1.29 is 4.39 Å². The molecule has 30 heavy (non-hydrogen) atoms. The zero-order valence-electron chi connectivity index (χ0n) is 17.2. The van der Waals surface area contributed by atoms with Crippen molar-refractivity contribution >= 4 is 16.5 Å². The minimum atomic E-state index is -0.233. The molecule has 0 unspecified atom stereocenters. The number of rotatable bonds is 4. The summed E-state index contributed by atoms with van der Waals surface area (Å²) in [6, 6.07) is 6.65. The molecule has 1 saturated heterocycles. The number of aromatic nitrogens is 3. The minimum absolute atomic E-state index is 0.233. The molecule has 2 aromatic heterocycles. The third kappa shape index (κ3) is 3.84. The summed E-state index contributed by atoms with van der Waals surface area (Å²) in [5, 5.41) is 1.02. The Kier molecular flexibility index (Phi) is 5.48. The summed E-state index contributed by atoms with van der Waals surface area (Å²) in [5.74, 6) is 0.278. The van der Waals surface area contributed by atoms with E-state index in [4.69, 9.17) is 9.97 Å². The fraction of sp³-hybridized carbons (Fsp3) is 0.435. The number of nitrogens with zero attached hydrogens (tertiary/aromatic N) is 5. The highest BCUT2D eigenvalue weighted by Crippen LogP contribution is 2.44. The smallest absolute Gasteiger partial charge is 0.186 e. The van der Waals surface area contributed by atoms with Gasteiger partial charge in [-0.15, -0.1) is 0 Å². The Morgan fingerprint density at radius 1 is 1.00 bits per heavy atom. The second-order valence-corrected chi connectivity index (χ2v) is 9.26. The van der Waals surface area contributed by atoms with Gasteiger partial charge in [0.1, 0.15) is 12.1 Å². The summed E-state index contributed by atoms with van der Waals surface area (Å²) in [7, 11) is 2.16. The first-order valence-corrected chi connectivity index (χ1v) is 11.5. The van der Waals surface area contributed by atoms with Crippen LogP contribution < -0.4 is 4.90 Å². The fourth-order valence-electron chi connectivity index (χ4n) is 4.47. The van der Waals surface area contributed by atoms with Gasteiger partial charge >= 0.3 is 0 Å². The lowest BCUT2D eigenvalue weighted by Crippen LogP contribution is -2.44. The van der Waals surface area contributed by atoms with E-state index in [0.717, 1.165) is 53.1 Å². The number of piperazine rings is 1. The Labute approximate surface area is 180 Å². The third-order valence-electron chi connectivity index (χ3n) is 6.26. The van der Waals surface area contributed by atoms with Gasteiger partial charge in [0.05, 0.1) is 16.3 Å². The van der Waals surface area contributed by atoms with Gasteiger partial charge in [0, 0.05) is 43.5 Å². The third-order valence-corrected chi connectivity index (χ3v) is 7.38. The van der Waals surface area contributed by atoms with Crippen molar-refractivity contribution in [1.29, 1.82) is 0 Å². The molecule has 1 saturated carbocycles. The quantitative estimate of drug-likeness (QED) is 0.602. The predicted octanol–water partition coefficient (Wildman–Crippen LogP) is 4.82. The van der Waals surface area contributed by atoms with Gasteiger partial charge in [-0.3, -0.25) is 0 Å². The second kappa shape index (κ2) is 8.40. The molecule has 156 valence electrons. The lowest BCUT2D eigenvalue weighted by Gasteiger charge is -2.32. The first kappa shape index (κ1) is 19.6. The van der Waals surface area contributed by atoms with Crippen molar-refractivity contribution in [3.8, 4) is 21.8 Å². The summed E-state index contributed by atoms with van der Waals surface area (Å²) >= 11 is 1.70. The van der Waals surface area contributed by atoms with E-state index in [9.17, 15) is 4.39 Å². The Balaban J connectivity index is 1.61. The molecule has 2 fully saturated rings. The molecule has 0 amide bonds. The lowest BCUT2D eigenvalue weighted by molar-refractivity contribution is 0.313. The van der Waals surface area contributed by atoms with Crippen molar-refractivity contribution in [2.45, 2.75) is 31.6 Å². The number of hydrogen-bond donors (Lipinski definition) is 0. The van der Waals surface area contributed by atoms with E-state index in [0.29, 0.717) is 5.92 Å². The van der Waals surface area contributed by atoms with Crippen LogP contribution in [0.5, 0.6) is 0 Å². The largest absolute Gasteiger partial charge is 0.345 e. The Morgan fingerprint density at radius 3 is 2.47 bits per heavy atom. The predicted molar refractivity (Wildman–Crippen MR) is 119 cm³/mol. The SMILES string of the molecule is CN1CCN(c2nc(-c3ccc(F)cc3)c(-c3ncncc3C3CCCC3)s2)CC1. The molecule has 0 spiro atoms. The van der Waals surface area contributed by atoms with E-state index in [1.54, 1.807) is 17.7 Å². The standard InChI is InChI=1S/C23H26FN5S/c1-28-10-12-29(13-11-28)23-27-20(17-6-8-18(24)9-7-17)22(30-23)21-19(14-25-15-26-21)16-4-2-3-5-16/h6-9,14-16H,2-5,10-13H2,1H3. The molecule has 0 atom stereocenters. The van der Waals surface area contributed by atoms with Gasteiger partial charge in [0.25, 0.3) is 0 Å². The number of benzene rings is 1. The van der Waals surface area contributed by atoms with E-state index in [2.05, 4.69) is 21.8 Å². The van der Waals surface area contributed by atoms with E-state index in [-0.39, 0.29) is 5.82 Å². The molecule has 0 radical (unpaired) electrons. The maximum absolute atomic E-state index is 13.6. The molecular formula is C23H26FN5S. The number of likely N-dealkylation sites (N-methyl/N-ethyl adjacent to an activating group) is 1. The van der Waals surface area contributed by atoms with Gasteiger partial charge < -0.3 is 9.80 Å². The summed E-state index contributed by atoms with van der Waals surface area (Å²) in [4.78, 5) is 19.9. The number of hydrogen-bond acceptors (Lipinski definition) is 6. The lowest BCUT2D eigenvalue weighted by atomic mass is 9.96. The van der Waals surface area contributed by atoms with Crippen LogP contribution in [-0.2, 0) is 0 Å². The van der Waals surface area contributed by atoms with Crippen LogP contribution >= 0.6 is 11.3 Å². The molecule has 0 N–H and O–H groups in total. The molecule has 5 nitrogen and oxygen atoms in total. The highest BCUT2D eigenvalue weighted by atomic mass is 32.1. The van der Waals surface area contributed by atoms with Crippen LogP contribution in [0.4, 0.5) is 9.52 Å². The van der Waals surface area contributed by atoms with Crippen LogP contribution in [-0.4, -0.2) is 53.1 Å². The van der Waals surface area contributed by atoms with Crippen LogP contribution in [0.2, 0.25) is 0 Å². The van der Waals surface area contributed by atoms with E-state index >= 15 is 0 Å². The Bertz CT molecular complexity index is 1000. The van der Waals surface area contributed by atoms with Crippen LogP contribution in [0.1, 0.15) is 37.2 Å². The normalized spacial score (nSPS) is 18.3. The number of thiazole rings is 1. The van der Waals surface area contributed by atoms with Crippen LogP contribution in [0.15, 0.2) is 36.8 Å². The average molecular weight is 424 g/mol. The molecule has 3 aromatic rings. The van der Waals surface area contributed by atoms with Crippen molar-refractivity contribution in [2.24, 2.45) is 0 Å².